The van der Waals surface area contributed by atoms with Gasteiger partial charge < -0.3 is 14.7 Å². The second-order valence-electron chi connectivity index (χ2n) is 6.72. The zero-order valence-corrected chi connectivity index (χ0v) is 16.0. The highest BCUT2D eigenvalue weighted by molar-refractivity contribution is 6.31. The van der Waals surface area contributed by atoms with Crippen molar-refractivity contribution in [2.45, 2.75) is 25.9 Å². The zero-order valence-electron chi connectivity index (χ0n) is 15.2. The number of hydrogen-bond donors (Lipinski definition) is 1. The van der Waals surface area contributed by atoms with E-state index in [1.165, 1.54) is 0 Å². The Morgan fingerprint density at radius 2 is 2.07 bits per heavy atom. The summed E-state index contributed by atoms with van der Waals surface area (Å²) in [6.45, 7) is 4.52. The molecule has 0 saturated carbocycles. The molecule has 6 heteroatoms. The third-order valence-corrected chi connectivity index (χ3v) is 5.15. The molecule has 1 N–H and O–H groups in total. The lowest BCUT2D eigenvalue weighted by Gasteiger charge is -2.26. The number of ether oxygens (including phenoxy) is 1. The number of nitrogens with zero attached hydrogens (tertiary/aromatic N) is 3. The van der Waals surface area contributed by atoms with Crippen LogP contribution in [-0.4, -0.2) is 40.9 Å². The van der Waals surface area contributed by atoms with Crippen LogP contribution in [0.4, 0.5) is 5.82 Å². The topological polar surface area (TPSA) is 58.5 Å². The third kappa shape index (κ3) is 3.70. The van der Waals surface area contributed by atoms with Crippen LogP contribution in [0.3, 0.4) is 0 Å². The first-order valence-corrected chi connectivity index (χ1v) is 9.65. The van der Waals surface area contributed by atoms with Gasteiger partial charge in [0.1, 0.15) is 11.6 Å². The van der Waals surface area contributed by atoms with Gasteiger partial charge in [-0.2, -0.15) is 0 Å². The van der Waals surface area contributed by atoms with Gasteiger partial charge in [-0.25, -0.2) is 9.97 Å². The molecule has 1 fully saturated rings. The molecule has 1 saturated heterocycles. The predicted molar refractivity (Wildman–Crippen MR) is 109 cm³/mol. The fourth-order valence-electron chi connectivity index (χ4n) is 3.51. The van der Waals surface area contributed by atoms with E-state index in [1.54, 1.807) is 12.1 Å². The fourth-order valence-corrected chi connectivity index (χ4v) is 3.68. The van der Waals surface area contributed by atoms with Gasteiger partial charge in [0.05, 0.1) is 17.2 Å². The second kappa shape index (κ2) is 7.71. The van der Waals surface area contributed by atoms with Gasteiger partial charge in [-0.05, 0) is 50.1 Å². The monoisotopic (exact) mass is 383 g/mol. The molecule has 140 valence electrons. The summed E-state index contributed by atoms with van der Waals surface area (Å²) in [5.41, 5.74) is 1.37. The fraction of sp³-hybridized carbons (Fsp3) is 0.333. The number of fused-ring (bicyclic) bond motifs is 1. The van der Waals surface area contributed by atoms with E-state index in [-0.39, 0.29) is 11.9 Å². The van der Waals surface area contributed by atoms with Crippen LogP contribution in [0.2, 0.25) is 5.02 Å². The van der Waals surface area contributed by atoms with Crippen molar-refractivity contribution in [1.82, 2.24) is 9.97 Å². The van der Waals surface area contributed by atoms with E-state index < -0.39 is 0 Å². The maximum absolute atomic E-state index is 10.3. The summed E-state index contributed by atoms with van der Waals surface area (Å²) >= 11 is 6.21. The summed E-state index contributed by atoms with van der Waals surface area (Å²) in [6, 6.07) is 12.8. The Bertz CT molecular complexity index is 957. The molecule has 1 unspecified atom stereocenters. The number of phenolic OH excluding ortho intramolecular Hbond substituents is 1. The Morgan fingerprint density at radius 3 is 2.81 bits per heavy atom. The van der Waals surface area contributed by atoms with E-state index in [1.807, 2.05) is 30.3 Å². The second-order valence-corrected chi connectivity index (χ2v) is 7.16. The van der Waals surface area contributed by atoms with Gasteiger partial charge in [0, 0.05) is 30.1 Å². The molecular weight excluding hydrogens is 362 g/mol. The Balaban J connectivity index is 1.85. The third-order valence-electron chi connectivity index (χ3n) is 4.91. The number of benzene rings is 2. The Morgan fingerprint density at radius 1 is 1.22 bits per heavy atom. The highest BCUT2D eigenvalue weighted by Gasteiger charge is 2.22. The zero-order chi connectivity index (χ0) is 18.8. The van der Waals surface area contributed by atoms with E-state index in [9.17, 15) is 5.11 Å². The molecule has 0 spiro atoms. The average molecular weight is 384 g/mol. The maximum atomic E-state index is 10.3. The van der Waals surface area contributed by atoms with Crippen molar-refractivity contribution in [2.75, 3.05) is 24.6 Å². The first-order chi connectivity index (χ1) is 13.2. The molecule has 1 aliphatic heterocycles. The van der Waals surface area contributed by atoms with Crippen LogP contribution in [0.25, 0.3) is 22.3 Å². The summed E-state index contributed by atoms with van der Waals surface area (Å²) in [6.07, 6.45) is 2.39. The first kappa shape index (κ1) is 18.0. The van der Waals surface area contributed by atoms with E-state index in [4.69, 9.17) is 21.3 Å². The molecule has 0 aliphatic carbocycles. The minimum atomic E-state index is 0.159. The van der Waals surface area contributed by atoms with Crippen molar-refractivity contribution in [2.24, 2.45) is 0 Å². The summed E-state index contributed by atoms with van der Waals surface area (Å²) < 4.78 is 5.83. The van der Waals surface area contributed by atoms with Crippen LogP contribution in [0, 0.1) is 0 Å². The number of anilines is 1. The van der Waals surface area contributed by atoms with Crippen molar-refractivity contribution in [3.8, 4) is 17.1 Å². The average Bonchev–Trinajstić information content (AvgIpc) is 3.18. The van der Waals surface area contributed by atoms with Gasteiger partial charge in [0.25, 0.3) is 0 Å². The van der Waals surface area contributed by atoms with E-state index in [0.717, 1.165) is 49.3 Å². The van der Waals surface area contributed by atoms with Gasteiger partial charge in [0.2, 0.25) is 0 Å². The van der Waals surface area contributed by atoms with Crippen LogP contribution in [0.1, 0.15) is 19.8 Å². The van der Waals surface area contributed by atoms with Crippen molar-refractivity contribution in [3.63, 3.8) is 0 Å². The molecule has 0 bridgehead atoms. The van der Waals surface area contributed by atoms with Crippen LogP contribution in [0.5, 0.6) is 5.75 Å². The SMILES string of the molecule is CCN(CC1CCCO1)c1nc(-c2ccccc2O)nc2cc(Cl)ccc12. The molecular formula is C21H22ClN3O2. The smallest absolute Gasteiger partial charge is 0.165 e. The lowest BCUT2D eigenvalue weighted by atomic mass is 10.1. The van der Waals surface area contributed by atoms with Crippen molar-refractivity contribution >= 4 is 28.3 Å². The quantitative estimate of drug-likeness (QED) is 0.694. The van der Waals surface area contributed by atoms with E-state index in [2.05, 4.69) is 16.8 Å². The summed E-state index contributed by atoms with van der Waals surface area (Å²) in [5, 5.41) is 11.8. The molecule has 0 radical (unpaired) electrons. The number of aromatic nitrogens is 2. The maximum Gasteiger partial charge on any atom is 0.165 e. The molecule has 1 aliphatic rings. The van der Waals surface area contributed by atoms with Gasteiger partial charge in [-0.3, -0.25) is 0 Å². The normalized spacial score (nSPS) is 16.7. The Labute approximate surface area is 163 Å². The number of rotatable bonds is 5. The number of hydrogen-bond acceptors (Lipinski definition) is 5. The molecule has 3 aromatic rings. The molecule has 27 heavy (non-hydrogen) atoms. The van der Waals surface area contributed by atoms with Crippen molar-refractivity contribution < 1.29 is 9.84 Å². The minimum Gasteiger partial charge on any atom is -0.507 e. The summed E-state index contributed by atoms with van der Waals surface area (Å²) in [5.74, 6) is 1.49. The summed E-state index contributed by atoms with van der Waals surface area (Å²) in [7, 11) is 0. The minimum absolute atomic E-state index is 0.159. The highest BCUT2D eigenvalue weighted by atomic mass is 35.5. The molecule has 1 aromatic heterocycles. The Hall–Kier alpha value is -2.37. The van der Waals surface area contributed by atoms with Gasteiger partial charge >= 0.3 is 0 Å². The van der Waals surface area contributed by atoms with Crippen LogP contribution < -0.4 is 4.90 Å². The molecule has 2 heterocycles. The van der Waals surface area contributed by atoms with Gasteiger partial charge in [-0.1, -0.05) is 23.7 Å². The lowest BCUT2D eigenvalue weighted by Crippen LogP contribution is -2.33. The predicted octanol–water partition coefficient (Wildman–Crippen LogP) is 4.66. The van der Waals surface area contributed by atoms with E-state index >= 15 is 0 Å². The molecule has 2 aromatic carbocycles. The Kier molecular flexibility index (Phi) is 5.14. The van der Waals surface area contributed by atoms with Gasteiger partial charge in [-0.15, -0.1) is 0 Å². The number of phenols is 1. The number of aromatic hydroxyl groups is 1. The van der Waals surface area contributed by atoms with Crippen LogP contribution in [0.15, 0.2) is 42.5 Å². The van der Waals surface area contributed by atoms with E-state index in [0.29, 0.717) is 16.4 Å². The molecule has 5 nitrogen and oxygen atoms in total. The largest absolute Gasteiger partial charge is 0.507 e. The highest BCUT2D eigenvalue weighted by Crippen LogP contribution is 2.33. The molecule has 4 rings (SSSR count). The van der Waals surface area contributed by atoms with Gasteiger partial charge in [0.15, 0.2) is 5.82 Å². The number of likely N-dealkylation sites (N-methyl/N-ethyl adjacent to an activating group) is 1. The van der Waals surface area contributed by atoms with Crippen LogP contribution in [-0.2, 0) is 4.74 Å². The van der Waals surface area contributed by atoms with Crippen molar-refractivity contribution in [3.05, 3.63) is 47.5 Å². The first-order valence-electron chi connectivity index (χ1n) is 9.28. The number of para-hydroxylation sites is 1. The summed E-state index contributed by atoms with van der Waals surface area (Å²) in [4.78, 5) is 11.7. The lowest BCUT2D eigenvalue weighted by molar-refractivity contribution is 0.115. The molecule has 0 amide bonds. The number of halogens is 1. The van der Waals surface area contributed by atoms with Crippen LogP contribution >= 0.6 is 11.6 Å². The molecule has 1 atom stereocenters. The van der Waals surface area contributed by atoms with Crippen molar-refractivity contribution in [1.29, 1.82) is 0 Å². The standard InChI is InChI=1S/C21H22ClN3O2/c1-2-25(13-15-6-5-11-27-15)21-16-10-9-14(22)12-18(16)23-20(24-21)17-7-3-4-8-19(17)26/h3-4,7-10,12,15,26H,2,5-6,11,13H2,1H3.